The highest BCUT2D eigenvalue weighted by Crippen LogP contribution is 2.29. The first-order valence-corrected chi connectivity index (χ1v) is 11.0. The van der Waals surface area contributed by atoms with Crippen LogP contribution in [-0.4, -0.2) is 58.7 Å². The van der Waals surface area contributed by atoms with E-state index in [1.807, 2.05) is 7.05 Å². The van der Waals surface area contributed by atoms with E-state index in [-0.39, 0.29) is 23.6 Å². The highest BCUT2D eigenvalue weighted by atomic mass is 32.2. The maximum atomic E-state index is 13.3. The summed E-state index contributed by atoms with van der Waals surface area (Å²) in [4.78, 5) is 27.0. The molecule has 1 N–H and O–H groups in total. The lowest BCUT2D eigenvalue weighted by Gasteiger charge is -2.39. The molecule has 8 heteroatoms. The highest BCUT2D eigenvalue weighted by Gasteiger charge is 2.38. The summed E-state index contributed by atoms with van der Waals surface area (Å²) in [5.41, 5.74) is 0. The molecule has 0 aliphatic heterocycles. The number of ketones is 1. The van der Waals surface area contributed by atoms with Crippen molar-refractivity contribution in [3.05, 3.63) is 5.89 Å². The van der Waals surface area contributed by atoms with Crippen molar-refractivity contribution in [3.8, 4) is 0 Å². The fraction of sp³-hybridized carbons (Fsp3) is 0.789. The largest absolute Gasteiger partial charge is 0.408 e. The van der Waals surface area contributed by atoms with E-state index in [1.165, 1.54) is 18.2 Å². The van der Waals surface area contributed by atoms with Gasteiger partial charge < -0.3 is 14.6 Å². The summed E-state index contributed by atoms with van der Waals surface area (Å²) in [5, 5.41) is 11.4. The smallest absolute Gasteiger partial charge is 0.286 e. The zero-order valence-corrected chi connectivity index (χ0v) is 17.5. The minimum absolute atomic E-state index is 0.0153. The van der Waals surface area contributed by atoms with E-state index >= 15 is 0 Å². The summed E-state index contributed by atoms with van der Waals surface area (Å²) in [5.74, 6) is 0.651. The zero-order valence-electron chi connectivity index (χ0n) is 16.6. The average Bonchev–Trinajstić information content (AvgIpc) is 3.17. The number of nitrogens with one attached hydrogen (secondary N) is 1. The SMILES string of the molecule is CCC(CC)C(C(=O)c1nnc(SCCNC)o1)N(C=O)C1CCCCC1. The summed E-state index contributed by atoms with van der Waals surface area (Å²) < 4.78 is 5.61. The van der Waals surface area contributed by atoms with Crippen molar-refractivity contribution in [2.24, 2.45) is 5.92 Å². The number of hydrogen-bond acceptors (Lipinski definition) is 7. The minimum atomic E-state index is -0.531. The third kappa shape index (κ3) is 5.78. The summed E-state index contributed by atoms with van der Waals surface area (Å²) >= 11 is 1.42. The Labute approximate surface area is 166 Å². The summed E-state index contributed by atoms with van der Waals surface area (Å²) in [6.07, 6.45) is 7.82. The maximum Gasteiger partial charge on any atom is 0.286 e. The second-order valence-corrected chi connectivity index (χ2v) is 8.10. The molecule has 1 saturated carbocycles. The molecule has 1 amide bonds. The molecule has 1 heterocycles. The number of carbonyl (C=O) groups is 2. The fourth-order valence-electron chi connectivity index (χ4n) is 3.82. The summed E-state index contributed by atoms with van der Waals surface area (Å²) in [6, 6.07) is -0.408. The molecule has 1 aliphatic carbocycles. The van der Waals surface area contributed by atoms with Crippen LogP contribution in [0.2, 0.25) is 0 Å². The standard InChI is InChI=1S/C19H32N4O3S/c1-4-14(5-2)16(23(13-24)15-9-7-6-8-10-15)17(25)18-21-22-19(26-18)27-12-11-20-3/h13-16,20H,4-12H2,1-3H3. The number of rotatable bonds is 12. The molecule has 27 heavy (non-hydrogen) atoms. The monoisotopic (exact) mass is 396 g/mol. The van der Waals surface area contributed by atoms with Crippen LogP contribution in [0.5, 0.6) is 0 Å². The lowest BCUT2D eigenvalue weighted by molar-refractivity contribution is -0.123. The van der Waals surface area contributed by atoms with E-state index in [2.05, 4.69) is 29.4 Å². The van der Waals surface area contributed by atoms with Gasteiger partial charge in [-0.15, -0.1) is 10.2 Å². The Hall–Kier alpha value is -1.41. The first kappa shape index (κ1) is 21.9. The van der Waals surface area contributed by atoms with Gasteiger partial charge in [-0.2, -0.15) is 0 Å². The van der Waals surface area contributed by atoms with Crippen LogP contribution >= 0.6 is 11.8 Å². The van der Waals surface area contributed by atoms with E-state index in [1.54, 1.807) is 4.90 Å². The number of aromatic nitrogens is 2. The number of hydrogen-bond donors (Lipinski definition) is 1. The van der Waals surface area contributed by atoms with Gasteiger partial charge in [-0.05, 0) is 25.8 Å². The van der Waals surface area contributed by atoms with Gasteiger partial charge in [-0.25, -0.2) is 0 Å². The van der Waals surface area contributed by atoms with Crippen molar-refractivity contribution in [3.63, 3.8) is 0 Å². The van der Waals surface area contributed by atoms with E-state index in [0.29, 0.717) is 5.22 Å². The maximum absolute atomic E-state index is 13.3. The summed E-state index contributed by atoms with van der Waals surface area (Å²) in [7, 11) is 1.88. The van der Waals surface area contributed by atoms with Crippen LogP contribution in [0.1, 0.15) is 69.5 Å². The lowest BCUT2D eigenvalue weighted by Crippen LogP contribution is -2.51. The molecule has 0 saturated heterocycles. The number of amides is 1. The second kappa shape index (κ2) is 11.4. The molecule has 0 radical (unpaired) electrons. The number of nitrogens with zero attached hydrogens (tertiary/aromatic N) is 3. The molecule has 152 valence electrons. The minimum Gasteiger partial charge on any atom is -0.408 e. The molecule has 0 spiro atoms. The van der Waals surface area contributed by atoms with Crippen molar-refractivity contribution in [2.75, 3.05) is 19.3 Å². The van der Waals surface area contributed by atoms with E-state index in [0.717, 1.165) is 57.2 Å². The first-order valence-electron chi connectivity index (χ1n) is 10.0. The second-order valence-electron chi connectivity index (χ2n) is 7.06. The first-order chi connectivity index (χ1) is 13.2. The summed E-state index contributed by atoms with van der Waals surface area (Å²) in [6.45, 7) is 4.93. The molecule has 1 atom stereocenters. The van der Waals surface area contributed by atoms with Gasteiger partial charge in [0.05, 0.1) is 0 Å². The molecular weight excluding hydrogens is 364 g/mol. The van der Waals surface area contributed by atoms with E-state index in [4.69, 9.17) is 4.42 Å². The molecule has 1 aromatic rings. The van der Waals surface area contributed by atoms with Crippen LogP contribution in [0.4, 0.5) is 0 Å². The molecule has 1 aliphatic rings. The molecule has 2 rings (SSSR count). The van der Waals surface area contributed by atoms with Crippen molar-refractivity contribution in [1.82, 2.24) is 20.4 Å². The van der Waals surface area contributed by atoms with Crippen LogP contribution < -0.4 is 5.32 Å². The molecule has 7 nitrogen and oxygen atoms in total. The Morgan fingerprint density at radius 3 is 2.59 bits per heavy atom. The Morgan fingerprint density at radius 2 is 2.00 bits per heavy atom. The van der Waals surface area contributed by atoms with Crippen molar-refractivity contribution in [1.29, 1.82) is 0 Å². The van der Waals surface area contributed by atoms with Gasteiger partial charge in [0.1, 0.15) is 6.04 Å². The molecule has 1 aromatic heterocycles. The molecule has 1 unspecified atom stereocenters. The quantitative estimate of drug-likeness (QED) is 0.251. The van der Waals surface area contributed by atoms with Gasteiger partial charge in [-0.1, -0.05) is 57.7 Å². The van der Waals surface area contributed by atoms with Gasteiger partial charge in [0.2, 0.25) is 12.2 Å². The van der Waals surface area contributed by atoms with E-state index in [9.17, 15) is 9.59 Å². The molecule has 0 aromatic carbocycles. The molecule has 1 fully saturated rings. The van der Waals surface area contributed by atoms with Gasteiger partial charge in [0.15, 0.2) is 0 Å². The van der Waals surface area contributed by atoms with Gasteiger partial charge >= 0.3 is 0 Å². The molecule has 0 bridgehead atoms. The number of thioether (sulfide) groups is 1. The third-order valence-corrected chi connectivity index (χ3v) is 6.22. The van der Waals surface area contributed by atoms with Crippen LogP contribution in [0.15, 0.2) is 9.64 Å². The topological polar surface area (TPSA) is 88.3 Å². The number of carbonyl (C=O) groups excluding carboxylic acids is 2. The Morgan fingerprint density at radius 1 is 1.30 bits per heavy atom. The van der Waals surface area contributed by atoms with Crippen LogP contribution in [0.3, 0.4) is 0 Å². The van der Waals surface area contributed by atoms with Crippen LogP contribution in [0, 0.1) is 5.92 Å². The van der Waals surface area contributed by atoms with Gasteiger partial charge in [-0.3, -0.25) is 9.59 Å². The Kier molecular flexibility index (Phi) is 9.27. The average molecular weight is 397 g/mol. The predicted octanol–water partition coefficient (Wildman–Crippen LogP) is 3.16. The van der Waals surface area contributed by atoms with Crippen molar-refractivity contribution in [2.45, 2.75) is 76.1 Å². The van der Waals surface area contributed by atoms with E-state index < -0.39 is 6.04 Å². The normalized spacial score (nSPS) is 16.4. The lowest BCUT2D eigenvalue weighted by atomic mass is 9.86. The van der Waals surface area contributed by atoms with Crippen LogP contribution in [-0.2, 0) is 4.79 Å². The Bertz CT molecular complexity index is 585. The Balaban J connectivity index is 2.21. The van der Waals surface area contributed by atoms with Crippen LogP contribution in [0.25, 0.3) is 0 Å². The third-order valence-electron chi connectivity index (χ3n) is 5.40. The van der Waals surface area contributed by atoms with Gasteiger partial charge in [0.25, 0.3) is 11.1 Å². The number of Topliss-reactive ketones (excluding diaryl/α,β-unsaturated/α-hetero) is 1. The molecular formula is C19H32N4O3S. The van der Waals surface area contributed by atoms with Crippen molar-refractivity contribution >= 4 is 24.0 Å². The van der Waals surface area contributed by atoms with Crippen molar-refractivity contribution < 1.29 is 14.0 Å². The fourth-order valence-corrected chi connectivity index (χ4v) is 4.54. The highest BCUT2D eigenvalue weighted by molar-refractivity contribution is 7.99. The van der Waals surface area contributed by atoms with Gasteiger partial charge in [0, 0.05) is 18.3 Å². The predicted molar refractivity (Wildman–Crippen MR) is 106 cm³/mol. The zero-order chi connectivity index (χ0) is 19.6.